The molecule has 0 saturated carbocycles. The first-order valence-electron chi connectivity index (χ1n) is 13.1. The van der Waals surface area contributed by atoms with Crippen molar-refractivity contribution in [3.05, 3.63) is 70.9 Å². The van der Waals surface area contributed by atoms with Crippen LogP contribution in [0.4, 0.5) is 0 Å². The highest BCUT2D eigenvalue weighted by Gasteiger charge is 2.42. The number of aromatic nitrogens is 2. The van der Waals surface area contributed by atoms with Gasteiger partial charge in [-0.25, -0.2) is 0 Å². The number of rotatable bonds is 10. The SMILES string of the molecule is CCCCOc1cccc(C2c3c(-c4ccc(C)cc4)n[nH]c3C(=O)N2CCCN2CCOCC2)c1. The van der Waals surface area contributed by atoms with Crippen LogP contribution in [-0.4, -0.2) is 71.9 Å². The molecule has 1 unspecified atom stereocenters. The van der Waals surface area contributed by atoms with Crippen LogP contribution < -0.4 is 4.74 Å². The van der Waals surface area contributed by atoms with Gasteiger partial charge in [0.25, 0.3) is 5.91 Å². The molecule has 1 fully saturated rings. The normalized spacial score (nSPS) is 18.0. The van der Waals surface area contributed by atoms with Gasteiger partial charge in [-0.15, -0.1) is 0 Å². The summed E-state index contributed by atoms with van der Waals surface area (Å²) in [7, 11) is 0. The van der Waals surface area contributed by atoms with Gasteiger partial charge in [-0.3, -0.25) is 14.8 Å². The zero-order valence-corrected chi connectivity index (χ0v) is 21.3. The van der Waals surface area contributed by atoms with E-state index < -0.39 is 0 Å². The molecule has 0 aliphatic carbocycles. The predicted octanol–water partition coefficient (Wildman–Crippen LogP) is 4.83. The summed E-state index contributed by atoms with van der Waals surface area (Å²) in [6.07, 6.45) is 3.02. The van der Waals surface area contributed by atoms with E-state index in [1.165, 1.54) is 5.56 Å². The Labute approximate surface area is 213 Å². The van der Waals surface area contributed by atoms with Gasteiger partial charge in [0.1, 0.15) is 11.4 Å². The van der Waals surface area contributed by atoms with Gasteiger partial charge in [-0.05, 0) is 37.5 Å². The van der Waals surface area contributed by atoms with Crippen molar-refractivity contribution in [2.24, 2.45) is 0 Å². The summed E-state index contributed by atoms with van der Waals surface area (Å²) < 4.78 is 11.5. The summed E-state index contributed by atoms with van der Waals surface area (Å²) >= 11 is 0. The molecular formula is C29H36N4O3. The smallest absolute Gasteiger partial charge is 0.273 e. The highest BCUT2D eigenvalue weighted by molar-refractivity contribution is 6.00. The molecule has 36 heavy (non-hydrogen) atoms. The van der Waals surface area contributed by atoms with E-state index >= 15 is 0 Å². The zero-order valence-electron chi connectivity index (χ0n) is 21.3. The lowest BCUT2D eigenvalue weighted by Crippen LogP contribution is -2.38. The quantitative estimate of drug-likeness (QED) is 0.414. The number of aromatic amines is 1. The number of hydrogen-bond acceptors (Lipinski definition) is 5. The Morgan fingerprint density at radius 1 is 1.08 bits per heavy atom. The summed E-state index contributed by atoms with van der Waals surface area (Å²) in [5.41, 5.74) is 5.66. The molecule has 3 aromatic rings. The molecular weight excluding hydrogens is 452 g/mol. The van der Waals surface area contributed by atoms with Gasteiger partial charge in [-0.1, -0.05) is 55.3 Å². The second-order valence-corrected chi connectivity index (χ2v) is 9.71. The molecule has 1 aromatic heterocycles. The fourth-order valence-electron chi connectivity index (χ4n) is 5.10. The Kier molecular flexibility index (Phi) is 7.68. The maximum Gasteiger partial charge on any atom is 0.273 e. The van der Waals surface area contributed by atoms with E-state index in [-0.39, 0.29) is 11.9 Å². The molecule has 0 radical (unpaired) electrons. The summed E-state index contributed by atoms with van der Waals surface area (Å²) in [5, 5.41) is 7.69. The second-order valence-electron chi connectivity index (χ2n) is 9.71. The predicted molar refractivity (Wildman–Crippen MR) is 140 cm³/mol. The summed E-state index contributed by atoms with van der Waals surface area (Å²) in [6, 6.07) is 16.3. The lowest BCUT2D eigenvalue weighted by Gasteiger charge is -2.30. The fraction of sp³-hybridized carbons (Fsp3) is 0.448. The summed E-state index contributed by atoms with van der Waals surface area (Å²) in [4.78, 5) is 18.1. The maximum atomic E-state index is 13.6. The Morgan fingerprint density at radius 3 is 2.67 bits per heavy atom. The monoisotopic (exact) mass is 488 g/mol. The number of morpholine rings is 1. The Balaban J connectivity index is 1.46. The van der Waals surface area contributed by atoms with Crippen molar-refractivity contribution in [3.8, 4) is 17.0 Å². The third kappa shape index (κ3) is 5.18. The molecule has 2 aliphatic rings. The molecule has 190 valence electrons. The highest BCUT2D eigenvalue weighted by Crippen LogP contribution is 2.43. The number of carbonyl (C=O) groups excluding carboxylic acids is 1. The first kappa shape index (κ1) is 24.5. The van der Waals surface area contributed by atoms with E-state index in [1.807, 2.05) is 17.0 Å². The lowest BCUT2D eigenvalue weighted by atomic mass is 9.95. The van der Waals surface area contributed by atoms with Crippen LogP contribution in [0, 0.1) is 6.92 Å². The number of nitrogens with zero attached hydrogens (tertiary/aromatic N) is 3. The minimum atomic E-state index is -0.207. The first-order valence-corrected chi connectivity index (χ1v) is 13.1. The van der Waals surface area contributed by atoms with E-state index in [2.05, 4.69) is 65.3 Å². The molecule has 7 nitrogen and oxygen atoms in total. The van der Waals surface area contributed by atoms with E-state index in [9.17, 15) is 4.79 Å². The van der Waals surface area contributed by atoms with Gasteiger partial charge < -0.3 is 14.4 Å². The molecule has 3 heterocycles. The number of benzene rings is 2. The number of nitrogens with one attached hydrogen (secondary N) is 1. The maximum absolute atomic E-state index is 13.6. The topological polar surface area (TPSA) is 70.7 Å². The second kappa shape index (κ2) is 11.3. The Hall–Kier alpha value is -3.16. The van der Waals surface area contributed by atoms with Crippen LogP contribution in [0.15, 0.2) is 48.5 Å². The van der Waals surface area contributed by atoms with Crippen molar-refractivity contribution >= 4 is 5.91 Å². The van der Waals surface area contributed by atoms with Crippen LogP contribution in [0.25, 0.3) is 11.3 Å². The third-order valence-corrected chi connectivity index (χ3v) is 7.11. The number of H-pyrrole nitrogens is 1. The van der Waals surface area contributed by atoms with Gasteiger partial charge in [0.2, 0.25) is 0 Å². The van der Waals surface area contributed by atoms with Crippen LogP contribution in [0.5, 0.6) is 5.75 Å². The van der Waals surface area contributed by atoms with Gasteiger partial charge in [0.05, 0.1) is 31.6 Å². The number of hydrogen-bond donors (Lipinski definition) is 1. The average Bonchev–Trinajstić information content (AvgIpc) is 3.44. The van der Waals surface area contributed by atoms with Crippen molar-refractivity contribution in [1.29, 1.82) is 0 Å². The highest BCUT2D eigenvalue weighted by atomic mass is 16.5. The van der Waals surface area contributed by atoms with Crippen LogP contribution in [0.1, 0.15) is 59.4 Å². The van der Waals surface area contributed by atoms with Crippen LogP contribution in [-0.2, 0) is 4.74 Å². The van der Waals surface area contributed by atoms with E-state index in [4.69, 9.17) is 9.47 Å². The number of amides is 1. The van der Waals surface area contributed by atoms with Gasteiger partial charge in [0.15, 0.2) is 0 Å². The Bertz CT molecular complexity index is 1170. The molecule has 1 atom stereocenters. The standard InChI is InChI=1S/C29H36N4O3/c1-3-4-17-36-24-8-5-7-23(20-24)28-25-26(22-11-9-21(2)10-12-22)30-31-27(25)29(34)33(28)14-6-13-32-15-18-35-19-16-32/h5,7-12,20,28H,3-4,6,13-19H2,1-2H3,(H,30,31). The van der Waals surface area contributed by atoms with Crippen molar-refractivity contribution < 1.29 is 14.3 Å². The summed E-state index contributed by atoms with van der Waals surface area (Å²) in [6.45, 7) is 10.0. The third-order valence-electron chi connectivity index (χ3n) is 7.11. The molecule has 2 aliphatic heterocycles. The van der Waals surface area contributed by atoms with Crippen LogP contribution >= 0.6 is 0 Å². The van der Waals surface area contributed by atoms with Crippen LogP contribution in [0.3, 0.4) is 0 Å². The Morgan fingerprint density at radius 2 is 1.89 bits per heavy atom. The fourth-order valence-corrected chi connectivity index (χ4v) is 5.10. The molecule has 0 bridgehead atoms. The number of aryl methyl sites for hydroxylation is 1. The van der Waals surface area contributed by atoms with E-state index in [0.717, 1.165) is 80.2 Å². The average molecular weight is 489 g/mol. The van der Waals surface area contributed by atoms with E-state index in [0.29, 0.717) is 18.8 Å². The minimum absolute atomic E-state index is 0.0140. The van der Waals surface area contributed by atoms with Gasteiger partial charge >= 0.3 is 0 Å². The van der Waals surface area contributed by atoms with Crippen molar-refractivity contribution in [1.82, 2.24) is 20.0 Å². The van der Waals surface area contributed by atoms with Crippen LogP contribution in [0.2, 0.25) is 0 Å². The van der Waals surface area contributed by atoms with E-state index in [1.54, 1.807) is 0 Å². The summed E-state index contributed by atoms with van der Waals surface area (Å²) in [5.74, 6) is 0.857. The number of ether oxygens (including phenoxy) is 2. The van der Waals surface area contributed by atoms with Gasteiger partial charge in [-0.2, -0.15) is 5.10 Å². The molecule has 1 saturated heterocycles. The molecule has 5 rings (SSSR count). The van der Waals surface area contributed by atoms with Gasteiger partial charge in [0, 0.05) is 37.3 Å². The minimum Gasteiger partial charge on any atom is -0.494 e. The van der Waals surface area contributed by atoms with Crippen molar-refractivity contribution in [2.75, 3.05) is 46.0 Å². The molecule has 7 heteroatoms. The largest absolute Gasteiger partial charge is 0.494 e. The number of carbonyl (C=O) groups is 1. The zero-order chi connectivity index (χ0) is 24.9. The molecule has 1 N–H and O–H groups in total. The molecule has 2 aromatic carbocycles. The molecule has 1 amide bonds. The van der Waals surface area contributed by atoms with Crippen molar-refractivity contribution in [3.63, 3.8) is 0 Å². The first-order chi connectivity index (χ1) is 17.7. The number of fused-ring (bicyclic) bond motifs is 1. The lowest BCUT2D eigenvalue weighted by molar-refractivity contribution is 0.0354. The molecule has 0 spiro atoms. The van der Waals surface area contributed by atoms with Crippen molar-refractivity contribution in [2.45, 2.75) is 39.2 Å². The number of unbranched alkanes of at least 4 members (excludes halogenated alkanes) is 1.